The van der Waals surface area contributed by atoms with E-state index in [0.717, 1.165) is 17.3 Å². The molecule has 0 aliphatic carbocycles. The van der Waals surface area contributed by atoms with Gasteiger partial charge in [-0.3, -0.25) is 0 Å². The Bertz CT molecular complexity index is 509. The molecule has 0 aromatic carbocycles. The van der Waals surface area contributed by atoms with Crippen molar-refractivity contribution in [2.24, 2.45) is 0 Å². The third kappa shape index (κ3) is 3.52. The van der Waals surface area contributed by atoms with Gasteiger partial charge in [-0.2, -0.15) is 11.8 Å². The monoisotopic (exact) mass is 289 g/mol. The molecule has 0 saturated carbocycles. The number of furan rings is 1. The third-order valence-electron chi connectivity index (χ3n) is 3.20. The number of hydrogen-bond acceptors (Lipinski definition) is 5. The van der Waals surface area contributed by atoms with Crippen molar-refractivity contribution >= 4 is 21.6 Å². The molecule has 1 atom stereocenters. The molecule has 1 N–H and O–H groups in total. The number of rotatable bonds is 5. The van der Waals surface area contributed by atoms with Crippen LogP contribution < -0.4 is 5.32 Å². The first-order valence-electron chi connectivity index (χ1n) is 5.94. The van der Waals surface area contributed by atoms with Gasteiger partial charge >= 0.3 is 0 Å². The minimum atomic E-state index is -2.86. The first kappa shape index (κ1) is 14.0. The van der Waals surface area contributed by atoms with Crippen LogP contribution in [0.1, 0.15) is 24.9 Å². The van der Waals surface area contributed by atoms with E-state index in [1.165, 1.54) is 0 Å². The van der Waals surface area contributed by atoms with Crippen LogP contribution in [0.15, 0.2) is 16.5 Å². The molecular weight excluding hydrogens is 270 g/mol. The number of hydrogen-bond donors (Lipinski definition) is 1. The van der Waals surface area contributed by atoms with Crippen LogP contribution in [0.5, 0.6) is 0 Å². The molecule has 0 amide bonds. The van der Waals surface area contributed by atoms with Gasteiger partial charge in [0.25, 0.3) is 0 Å². The van der Waals surface area contributed by atoms with Gasteiger partial charge in [0, 0.05) is 5.54 Å². The van der Waals surface area contributed by atoms with E-state index in [4.69, 9.17) is 4.42 Å². The van der Waals surface area contributed by atoms with Gasteiger partial charge in [0.05, 0.1) is 23.8 Å². The lowest BCUT2D eigenvalue weighted by Crippen LogP contribution is -2.42. The Morgan fingerprint density at radius 2 is 2.17 bits per heavy atom. The van der Waals surface area contributed by atoms with Crippen molar-refractivity contribution in [2.45, 2.75) is 31.2 Å². The van der Waals surface area contributed by atoms with E-state index in [-0.39, 0.29) is 17.0 Å². The lowest BCUT2D eigenvalue weighted by Gasteiger charge is -2.23. The average molecular weight is 289 g/mol. The van der Waals surface area contributed by atoms with Crippen LogP contribution in [0, 0.1) is 0 Å². The Balaban J connectivity index is 1.91. The Kier molecular flexibility index (Phi) is 4.08. The van der Waals surface area contributed by atoms with E-state index in [0.29, 0.717) is 13.0 Å². The van der Waals surface area contributed by atoms with Crippen molar-refractivity contribution in [1.82, 2.24) is 5.32 Å². The molecule has 18 heavy (non-hydrogen) atoms. The fraction of sp³-hybridized carbons (Fsp3) is 0.667. The van der Waals surface area contributed by atoms with Gasteiger partial charge in [-0.15, -0.1) is 0 Å². The van der Waals surface area contributed by atoms with Crippen LogP contribution in [0.3, 0.4) is 0 Å². The van der Waals surface area contributed by atoms with Gasteiger partial charge in [-0.25, -0.2) is 8.42 Å². The van der Waals surface area contributed by atoms with E-state index >= 15 is 0 Å². The Labute approximate surface area is 112 Å². The molecule has 1 saturated heterocycles. The molecule has 4 nitrogen and oxygen atoms in total. The summed E-state index contributed by atoms with van der Waals surface area (Å²) >= 11 is 1.72. The van der Waals surface area contributed by atoms with Crippen LogP contribution in [0.2, 0.25) is 0 Å². The second-order valence-corrected chi connectivity index (χ2v) is 8.11. The summed E-state index contributed by atoms with van der Waals surface area (Å²) in [5.41, 5.74) is -0.314. The second-order valence-electron chi connectivity index (χ2n) is 5.06. The minimum absolute atomic E-state index is 0.221. The summed E-state index contributed by atoms with van der Waals surface area (Å²) in [5, 5.41) is 3.31. The molecule has 1 unspecified atom stereocenters. The Morgan fingerprint density at radius 3 is 2.78 bits per heavy atom. The van der Waals surface area contributed by atoms with Gasteiger partial charge in [0.2, 0.25) is 0 Å². The fourth-order valence-electron chi connectivity index (χ4n) is 2.19. The van der Waals surface area contributed by atoms with Crippen LogP contribution in [0.4, 0.5) is 0 Å². The van der Waals surface area contributed by atoms with Gasteiger partial charge in [0.1, 0.15) is 11.5 Å². The quantitative estimate of drug-likeness (QED) is 0.896. The molecule has 1 aliphatic rings. The molecule has 1 fully saturated rings. The van der Waals surface area contributed by atoms with E-state index in [2.05, 4.69) is 5.32 Å². The maximum atomic E-state index is 11.5. The van der Waals surface area contributed by atoms with Gasteiger partial charge in [-0.1, -0.05) is 0 Å². The fourth-order valence-corrected chi connectivity index (χ4v) is 4.75. The molecule has 102 valence electrons. The Morgan fingerprint density at radius 1 is 1.44 bits per heavy atom. The molecule has 2 heterocycles. The molecule has 6 heteroatoms. The van der Waals surface area contributed by atoms with Crippen LogP contribution in [0.25, 0.3) is 0 Å². The van der Waals surface area contributed by atoms with Crippen molar-refractivity contribution in [2.75, 3.05) is 17.8 Å². The molecule has 1 aromatic heterocycles. The molecular formula is C12H19NO3S2. The summed E-state index contributed by atoms with van der Waals surface area (Å²) in [7, 11) is -2.86. The summed E-state index contributed by atoms with van der Waals surface area (Å²) in [4.78, 5) is 0. The lowest BCUT2D eigenvalue weighted by molar-refractivity contribution is 0.364. The molecule has 0 bridgehead atoms. The maximum absolute atomic E-state index is 11.5. The van der Waals surface area contributed by atoms with E-state index in [1.807, 2.05) is 25.3 Å². The van der Waals surface area contributed by atoms with E-state index in [9.17, 15) is 8.42 Å². The summed E-state index contributed by atoms with van der Waals surface area (Å²) < 4.78 is 28.6. The minimum Gasteiger partial charge on any atom is -0.464 e. The molecule has 0 spiro atoms. The largest absolute Gasteiger partial charge is 0.464 e. The van der Waals surface area contributed by atoms with Crippen LogP contribution in [-0.2, 0) is 22.1 Å². The van der Waals surface area contributed by atoms with Crippen molar-refractivity contribution < 1.29 is 12.8 Å². The zero-order chi connectivity index (χ0) is 13.2. The predicted octanol–water partition coefficient (Wildman–Crippen LogP) is 1.81. The highest BCUT2D eigenvalue weighted by Crippen LogP contribution is 2.23. The Hall–Kier alpha value is -0.460. The van der Waals surface area contributed by atoms with Crippen LogP contribution in [-0.4, -0.2) is 31.7 Å². The normalized spacial score (nSPS) is 26.6. The van der Waals surface area contributed by atoms with Crippen LogP contribution >= 0.6 is 11.8 Å². The average Bonchev–Trinajstić information content (AvgIpc) is 2.82. The smallest absolute Gasteiger partial charge is 0.152 e. The standard InChI is InChI=1S/C12H19NO3S2/c1-12(5-6-18(14,15)9-12)13-7-10-3-4-11(16-10)8-17-2/h3-4,13H,5-9H2,1-2H3. The lowest BCUT2D eigenvalue weighted by atomic mass is 10.0. The maximum Gasteiger partial charge on any atom is 0.152 e. The highest BCUT2D eigenvalue weighted by atomic mass is 32.2. The zero-order valence-electron chi connectivity index (χ0n) is 10.7. The van der Waals surface area contributed by atoms with Crippen molar-refractivity contribution in [3.8, 4) is 0 Å². The summed E-state index contributed by atoms with van der Waals surface area (Å²) in [6.07, 6.45) is 2.71. The van der Waals surface area contributed by atoms with E-state index < -0.39 is 9.84 Å². The van der Waals surface area contributed by atoms with Gasteiger partial charge < -0.3 is 9.73 Å². The highest BCUT2D eigenvalue weighted by Gasteiger charge is 2.37. The summed E-state index contributed by atoms with van der Waals surface area (Å²) in [6.45, 7) is 2.55. The number of sulfone groups is 1. The molecule has 2 rings (SSSR count). The molecule has 1 aliphatic heterocycles. The highest BCUT2D eigenvalue weighted by molar-refractivity contribution is 7.97. The topological polar surface area (TPSA) is 59.3 Å². The first-order valence-corrected chi connectivity index (χ1v) is 9.16. The second kappa shape index (κ2) is 5.27. The molecule has 1 aromatic rings. The first-order chi connectivity index (χ1) is 8.42. The SMILES string of the molecule is CSCc1ccc(CNC2(C)CCS(=O)(=O)C2)o1. The van der Waals surface area contributed by atoms with Crippen molar-refractivity contribution in [3.05, 3.63) is 23.7 Å². The predicted molar refractivity (Wildman–Crippen MR) is 74.4 cm³/mol. The molecule has 0 radical (unpaired) electrons. The van der Waals surface area contributed by atoms with Crippen molar-refractivity contribution in [3.63, 3.8) is 0 Å². The van der Waals surface area contributed by atoms with Gasteiger partial charge in [-0.05, 0) is 31.7 Å². The van der Waals surface area contributed by atoms with Crippen molar-refractivity contribution in [1.29, 1.82) is 0 Å². The summed E-state index contributed by atoms with van der Waals surface area (Å²) in [6, 6.07) is 3.92. The van der Waals surface area contributed by atoms with E-state index in [1.54, 1.807) is 11.8 Å². The third-order valence-corrected chi connectivity index (χ3v) is 5.67. The number of thioether (sulfide) groups is 1. The van der Waals surface area contributed by atoms with Gasteiger partial charge in [0.15, 0.2) is 9.84 Å². The summed E-state index contributed by atoms with van der Waals surface area (Å²) in [5.74, 6) is 3.20. The zero-order valence-corrected chi connectivity index (χ0v) is 12.4. The number of nitrogens with one attached hydrogen (secondary N) is 1.